The van der Waals surface area contributed by atoms with Crippen molar-refractivity contribution in [3.05, 3.63) is 134 Å². The summed E-state index contributed by atoms with van der Waals surface area (Å²) in [5.74, 6) is -0.919. The number of carbonyl (C=O) groups excluding carboxylic acids is 2. The van der Waals surface area contributed by atoms with E-state index < -0.39 is 32.5 Å². The molecule has 0 spiro atoms. The number of quaternary nitrogens is 1. The molecule has 0 saturated heterocycles. The Labute approximate surface area is 428 Å². The van der Waals surface area contributed by atoms with Gasteiger partial charge in [0.05, 0.1) is 27.7 Å². The number of phosphoric acid groups is 1. The first-order chi connectivity index (χ1) is 34.0. The van der Waals surface area contributed by atoms with Crippen LogP contribution in [0.25, 0.3) is 0 Å². The summed E-state index contributed by atoms with van der Waals surface area (Å²) >= 11 is 0. The van der Waals surface area contributed by atoms with Gasteiger partial charge in [-0.15, -0.1) is 0 Å². The van der Waals surface area contributed by atoms with Gasteiger partial charge in [-0.1, -0.05) is 199 Å². The van der Waals surface area contributed by atoms with E-state index in [2.05, 4.69) is 141 Å². The zero-order chi connectivity index (χ0) is 51.3. The van der Waals surface area contributed by atoms with Crippen molar-refractivity contribution >= 4 is 19.8 Å². The largest absolute Gasteiger partial charge is 0.756 e. The maximum absolute atomic E-state index is 12.8. The molecule has 10 heteroatoms. The molecular formula is C60H98NO8P. The summed E-state index contributed by atoms with van der Waals surface area (Å²) in [6.07, 6.45) is 72.1. The molecule has 0 radical (unpaired) electrons. The molecule has 0 aromatic carbocycles. The Bertz CT molecular complexity index is 1640. The third kappa shape index (κ3) is 53.5. The lowest BCUT2D eigenvalue weighted by Crippen LogP contribution is -2.37. The molecule has 9 nitrogen and oxygen atoms in total. The summed E-state index contributed by atoms with van der Waals surface area (Å²) in [7, 11) is 1.11. The summed E-state index contributed by atoms with van der Waals surface area (Å²) in [6, 6.07) is 0. The van der Waals surface area contributed by atoms with E-state index in [0.717, 1.165) is 103 Å². The molecule has 0 amide bonds. The molecule has 0 fully saturated rings. The molecule has 2 atom stereocenters. The Morgan fingerprint density at radius 2 is 0.786 bits per heavy atom. The van der Waals surface area contributed by atoms with E-state index in [1.165, 1.54) is 38.5 Å². The molecule has 70 heavy (non-hydrogen) atoms. The van der Waals surface area contributed by atoms with Crippen molar-refractivity contribution in [2.75, 3.05) is 47.5 Å². The topological polar surface area (TPSA) is 111 Å². The number of nitrogens with zero attached hydrogens (tertiary/aromatic N) is 1. The van der Waals surface area contributed by atoms with Crippen molar-refractivity contribution < 1.29 is 42.1 Å². The highest BCUT2D eigenvalue weighted by atomic mass is 31.2. The summed E-state index contributed by atoms with van der Waals surface area (Å²) in [4.78, 5) is 37.8. The molecule has 0 aliphatic rings. The predicted octanol–water partition coefficient (Wildman–Crippen LogP) is 15.9. The van der Waals surface area contributed by atoms with Gasteiger partial charge in [-0.05, 0) is 103 Å². The van der Waals surface area contributed by atoms with Gasteiger partial charge in [-0.25, -0.2) is 0 Å². The Balaban J connectivity index is 4.29. The molecule has 0 bridgehead atoms. The minimum absolute atomic E-state index is 0.0483. The highest BCUT2D eigenvalue weighted by Gasteiger charge is 2.21. The normalized spacial score (nSPS) is 14.4. The van der Waals surface area contributed by atoms with Crippen LogP contribution in [0.2, 0.25) is 0 Å². The number of hydrogen-bond acceptors (Lipinski definition) is 8. The van der Waals surface area contributed by atoms with Crippen LogP contribution in [0.15, 0.2) is 134 Å². The maximum atomic E-state index is 12.8. The highest BCUT2D eigenvalue weighted by molar-refractivity contribution is 7.45. The second-order valence-corrected chi connectivity index (χ2v) is 19.9. The molecular weight excluding hydrogens is 894 g/mol. The van der Waals surface area contributed by atoms with Gasteiger partial charge in [0, 0.05) is 12.8 Å². The number of allylic oxidation sites excluding steroid dienone is 22. The van der Waals surface area contributed by atoms with Crippen LogP contribution in [0.4, 0.5) is 0 Å². The fraction of sp³-hybridized carbons (Fsp3) is 0.600. The van der Waals surface area contributed by atoms with Crippen molar-refractivity contribution in [3.63, 3.8) is 0 Å². The summed E-state index contributed by atoms with van der Waals surface area (Å²) < 4.78 is 34.0. The summed E-state index contributed by atoms with van der Waals surface area (Å²) in [5, 5.41) is 0. The quantitative estimate of drug-likeness (QED) is 0.0195. The van der Waals surface area contributed by atoms with Gasteiger partial charge in [0.2, 0.25) is 0 Å². The van der Waals surface area contributed by atoms with E-state index in [0.29, 0.717) is 23.9 Å². The Morgan fingerprint density at radius 3 is 1.19 bits per heavy atom. The van der Waals surface area contributed by atoms with Crippen molar-refractivity contribution in [1.29, 1.82) is 0 Å². The minimum atomic E-state index is -4.66. The van der Waals surface area contributed by atoms with Gasteiger partial charge in [-0.3, -0.25) is 14.2 Å². The first-order valence-electron chi connectivity index (χ1n) is 26.9. The fourth-order valence-electron chi connectivity index (χ4n) is 6.58. The molecule has 0 rings (SSSR count). The Kier molecular flexibility index (Phi) is 47.3. The van der Waals surface area contributed by atoms with Gasteiger partial charge in [0.15, 0.2) is 6.10 Å². The van der Waals surface area contributed by atoms with Gasteiger partial charge in [0.1, 0.15) is 19.8 Å². The van der Waals surface area contributed by atoms with Crippen molar-refractivity contribution in [2.24, 2.45) is 0 Å². The van der Waals surface area contributed by atoms with Gasteiger partial charge in [-0.2, -0.15) is 0 Å². The van der Waals surface area contributed by atoms with E-state index in [4.69, 9.17) is 18.5 Å². The smallest absolute Gasteiger partial charge is 0.306 e. The average molecular weight is 992 g/mol. The number of unbranched alkanes of at least 4 members (excludes halogenated alkanes) is 11. The molecule has 0 heterocycles. The SMILES string of the molecule is CC/C=C\C/C=C\C/C=C\C/C=C\C/C=C\C/C=C\CCCCCCCCCCCCC(=O)OC(COC(=O)CCC/C=C\C/C=C\C/C=C\C/C=C\C/C=C\CC)COP(=O)([O-])OCC[N+](C)(C)C. The zero-order valence-corrected chi connectivity index (χ0v) is 45.5. The predicted molar refractivity (Wildman–Crippen MR) is 295 cm³/mol. The van der Waals surface area contributed by atoms with Crippen LogP contribution in [0.3, 0.4) is 0 Å². The van der Waals surface area contributed by atoms with E-state index >= 15 is 0 Å². The number of carbonyl (C=O) groups is 2. The Morgan fingerprint density at radius 1 is 0.443 bits per heavy atom. The van der Waals surface area contributed by atoms with Crippen LogP contribution in [0.5, 0.6) is 0 Å². The lowest BCUT2D eigenvalue weighted by molar-refractivity contribution is -0.870. The van der Waals surface area contributed by atoms with Crippen molar-refractivity contribution in [3.8, 4) is 0 Å². The molecule has 396 valence electrons. The summed E-state index contributed by atoms with van der Waals surface area (Å²) in [6.45, 7) is 3.91. The fourth-order valence-corrected chi connectivity index (χ4v) is 7.30. The Hall–Kier alpha value is -3.85. The zero-order valence-electron chi connectivity index (χ0n) is 44.7. The number of ether oxygens (including phenoxy) is 2. The number of hydrogen-bond donors (Lipinski definition) is 0. The molecule has 2 unspecified atom stereocenters. The third-order valence-electron chi connectivity index (χ3n) is 10.7. The van der Waals surface area contributed by atoms with Crippen LogP contribution < -0.4 is 4.89 Å². The second-order valence-electron chi connectivity index (χ2n) is 18.5. The standard InChI is InChI=1S/C60H98NO8P/c1-6-8-10-12-14-16-18-20-22-24-25-26-27-28-29-30-31-32-33-34-35-37-39-41-43-45-47-49-51-53-60(63)69-58(57-68-70(64,65)67-55-54-61(3,4)5)56-66-59(62)52-50-48-46-44-42-40-38-36-23-21-19-17-15-13-11-9-7-2/h8-11,14-17,20-23,25-26,28-29,31-32,38,40,44,46,58H,6-7,12-13,18-19,24,27,30,33-37,39,41-43,45,47-57H2,1-5H3/b10-8-,11-9-,16-14-,17-15-,22-20-,23-21-,26-25-,29-28-,32-31-,40-38-,46-44-. The number of rotatable bonds is 47. The van der Waals surface area contributed by atoms with Crippen LogP contribution in [0.1, 0.15) is 181 Å². The van der Waals surface area contributed by atoms with Crippen molar-refractivity contribution in [2.45, 2.75) is 187 Å². The molecule has 0 aromatic rings. The molecule has 0 saturated carbocycles. The van der Waals surface area contributed by atoms with E-state index in [1.54, 1.807) is 0 Å². The van der Waals surface area contributed by atoms with Crippen LogP contribution in [0, 0.1) is 0 Å². The summed E-state index contributed by atoms with van der Waals surface area (Å²) in [5.41, 5.74) is 0. The lowest BCUT2D eigenvalue weighted by atomic mass is 10.0. The highest BCUT2D eigenvalue weighted by Crippen LogP contribution is 2.38. The van der Waals surface area contributed by atoms with E-state index in [-0.39, 0.29) is 26.1 Å². The molecule has 0 aliphatic carbocycles. The van der Waals surface area contributed by atoms with Crippen LogP contribution in [-0.4, -0.2) is 70.0 Å². The first kappa shape index (κ1) is 66.2. The van der Waals surface area contributed by atoms with Crippen LogP contribution in [-0.2, 0) is 32.7 Å². The third-order valence-corrected chi connectivity index (χ3v) is 11.6. The van der Waals surface area contributed by atoms with Gasteiger partial charge >= 0.3 is 11.9 Å². The number of likely N-dealkylation sites (N-methyl/N-ethyl adjacent to an activating group) is 1. The van der Waals surface area contributed by atoms with E-state index in [1.807, 2.05) is 27.2 Å². The first-order valence-corrected chi connectivity index (χ1v) is 28.4. The molecule has 0 aromatic heterocycles. The monoisotopic (exact) mass is 992 g/mol. The van der Waals surface area contributed by atoms with Gasteiger partial charge < -0.3 is 27.9 Å². The molecule has 0 N–H and O–H groups in total. The van der Waals surface area contributed by atoms with E-state index in [9.17, 15) is 19.0 Å². The second kappa shape index (κ2) is 50.1. The van der Waals surface area contributed by atoms with Gasteiger partial charge in [0.25, 0.3) is 7.82 Å². The van der Waals surface area contributed by atoms with Crippen molar-refractivity contribution in [1.82, 2.24) is 0 Å². The molecule has 0 aliphatic heterocycles. The maximum Gasteiger partial charge on any atom is 0.306 e. The van der Waals surface area contributed by atoms with Crippen LogP contribution >= 0.6 is 7.82 Å². The number of phosphoric ester groups is 1. The lowest BCUT2D eigenvalue weighted by Gasteiger charge is -2.28. The number of esters is 2. The minimum Gasteiger partial charge on any atom is -0.756 e. The average Bonchev–Trinajstić information content (AvgIpc) is 3.32.